The van der Waals surface area contributed by atoms with E-state index in [1.165, 1.54) is 24.3 Å². The van der Waals surface area contributed by atoms with Crippen molar-refractivity contribution in [3.8, 4) is 0 Å². The Morgan fingerprint density at radius 3 is 2.50 bits per heavy atom. The van der Waals surface area contributed by atoms with Crippen LogP contribution in [0, 0.1) is 5.82 Å². The molecule has 0 aliphatic heterocycles. The Hall–Kier alpha value is -1.38. The van der Waals surface area contributed by atoms with Crippen LogP contribution < -0.4 is 0 Å². The summed E-state index contributed by atoms with van der Waals surface area (Å²) in [4.78, 5) is 11.4. The Balaban J connectivity index is 2.65. The summed E-state index contributed by atoms with van der Waals surface area (Å²) in [6.07, 6.45) is 0.667. The second-order valence-electron chi connectivity index (χ2n) is 3.13. The Morgan fingerprint density at radius 1 is 1.43 bits per heavy atom. The van der Waals surface area contributed by atoms with Crippen molar-refractivity contribution >= 4 is 5.97 Å². The standard InChI is InChI=1S/C11H13FO2/c1-3-8(2)14-11(13)9-4-6-10(12)7-5-9/h4-8H,3H2,1-2H3/t8-/m0/s1. The molecule has 0 unspecified atom stereocenters. The minimum Gasteiger partial charge on any atom is -0.459 e. The van der Waals surface area contributed by atoms with Gasteiger partial charge in [-0.3, -0.25) is 0 Å². The van der Waals surface area contributed by atoms with Gasteiger partial charge >= 0.3 is 5.97 Å². The molecular formula is C11H13FO2. The number of esters is 1. The quantitative estimate of drug-likeness (QED) is 0.695. The lowest BCUT2D eigenvalue weighted by Crippen LogP contribution is -2.13. The van der Waals surface area contributed by atoms with Gasteiger partial charge in [-0.2, -0.15) is 0 Å². The van der Waals surface area contributed by atoms with Gasteiger partial charge < -0.3 is 4.74 Å². The molecule has 0 saturated carbocycles. The molecule has 1 atom stereocenters. The molecular weight excluding hydrogens is 183 g/mol. The summed E-state index contributed by atoms with van der Waals surface area (Å²) >= 11 is 0. The highest BCUT2D eigenvalue weighted by Gasteiger charge is 2.09. The molecule has 0 aliphatic carbocycles. The lowest BCUT2D eigenvalue weighted by molar-refractivity contribution is 0.0334. The molecule has 1 aromatic rings. The van der Waals surface area contributed by atoms with Gasteiger partial charge in [-0.05, 0) is 37.6 Å². The highest BCUT2D eigenvalue weighted by Crippen LogP contribution is 2.07. The van der Waals surface area contributed by atoms with Crippen LogP contribution in [0.15, 0.2) is 24.3 Å². The van der Waals surface area contributed by atoms with E-state index in [9.17, 15) is 9.18 Å². The fraction of sp³-hybridized carbons (Fsp3) is 0.364. The maximum atomic E-state index is 12.5. The molecule has 0 bridgehead atoms. The third kappa shape index (κ3) is 2.83. The van der Waals surface area contributed by atoms with E-state index in [4.69, 9.17) is 4.74 Å². The first-order valence-electron chi connectivity index (χ1n) is 4.60. The van der Waals surface area contributed by atoms with Crippen LogP contribution in [-0.2, 0) is 4.74 Å². The van der Waals surface area contributed by atoms with Gasteiger partial charge in [0.05, 0.1) is 11.7 Å². The first-order valence-corrected chi connectivity index (χ1v) is 4.60. The maximum absolute atomic E-state index is 12.5. The minimum absolute atomic E-state index is 0.104. The molecule has 0 radical (unpaired) electrons. The molecule has 0 amide bonds. The number of hydrogen-bond acceptors (Lipinski definition) is 2. The zero-order valence-electron chi connectivity index (χ0n) is 8.29. The second kappa shape index (κ2) is 4.74. The number of halogens is 1. The van der Waals surface area contributed by atoms with Crippen LogP contribution in [0.1, 0.15) is 30.6 Å². The summed E-state index contributed by atoms with van der Waals surface area (Å²) in [5.74, 6) is -0.760. The third-order valence-corrected chi connectivity index (χ3v) is 1.96. The summed E-state index contributed by atoms with van der Waals surface area (Å²) in [5.41, 5.74) is 0.381. The number of carbonyl (C=O) groups excluding carboxylic acids is 1. The first kappa shape index (κ1) is 10.7. The molecule has 1 rings (SSSR count). The first-order chi connectivity index (χ1) is 6.63. The molecule has 3 heteroatoms. The monoisotopic (exact) mass is 196 g/mol. The van der Waals surface area contributed by atoms with E-state index >= 15 is 0 Å². The molecule has 0 fully saturated rings. The van der Waals surface area contributed by atoms with Gasteiger partial charge in [0.25, 0.3) is 0 Å². The van der Waals surface area contributed by atoms with Gasteiger partial charge in [-0.25, -0.2) is 9.18 Å². The predicted octanol–water partition coefficient (Wildman–Crippen LogP) is 2.78. The summed E-state index contributed by atoms with van der Waals surface area (Å²) in [5, 5.41) is 0. The highest BCUT2D eigenvalue weighted by atomic mass is 19.1. The van der Waals surface area contributed by atoms with Gasteiger partial charge in [0, 0.05) is 0 Å². The molecule has 76 valence electrons. The van der Waals surface area contributed by atoms with Crippen molar-refractivity contribution < 1.29 is 13.9 Å². The van der Waals surface area contributed by atoms with E-state index in [-0.39, 0.29) is 11.9 Å². The van der Waals surface area contributed by atoms with Gasteiger partial charge in [0.15, 0.2) is 0 Å². The van der Waals surface area contributed by atoms with Crippen LogP contribution in [-0.4, -0.2) is 12.1 Å². The van der Waals surface area contributed by atoms with Gasteiger partial charge in [-0.1, -0.05) is 6.92 Å². The van der Waals surface area contributed by atoms with Crippen molar-refractivity contribution in [1.29, 1.82) is 0 Å². The van der Waals surface area contributed by atoms with Crippen LogP contribution in [0.5, 0.6) is 0 Å². The third-order valence-electron chi connectivity index (χ3n) is 1.96. The topological polar surface area (TPSA) is 26.3 Å². The molecule has 0 aliphatic rings. The number of benzene rings is 1. The van der Waals surface area contributed by atoms with Crippen LogP contribution in [0.4, 0.5) is 4.39 Å². The lowest BCUT2D eigenvalue weighted by atomic mass is 10.2. The Morgan fingerprint density at radius 2 is 2.00 bits per heavy atom. The second-order valence-corrected chi connectivity index (χ2v) is 3.13. The van der Waals surface area contributed by atoms with Crippen molar-refractivity contribution in [3.05, 3.63) is 35.6 Å². The molecule has 0 aromatic heterocycles. The van der Waals surface area contributed by atoms with E-state index in [1.807, 2.05) is 13.8 Å². The van der Waals surface area contributed by atoms with E-state index in [2.05, 4.69) is 0 Å². The van der Waals surface area contributed by atoms with E-state index in [1.54, 1.807) is 0 Å². The summed E-state index contributed by atoms with van der Waals surface area (Å²) < 4.78 is 17.6. The van der Waals surface area contributed by atoms with Crippen LogP contribution in [0.3, 0.4) is 0 Å². The SMILES string of the molecule is CC[C@H](C)OC(=O)c1ccc(F)cc1. The van der Waals surface area contributed by atoms with E-state index < -0.39 is 5.97 Å². The number of ether oxygens (including phenoxy) is 1. The van der Waals surface area contributed by atoms with Gasteiger partial charge in [-0.15, -0.1) is 0 Å². The minimum atomic E-state index is -0.403. The van der Waals surface area contributed by atoms with Crippen molar-refractivity contribution in [3.63, 3.8) is 0 Å². The smallest absolute Gasteiger partial charge is 0.338 e. The molecule has 0 N–H and O–H groups in total. The van der Waals surface area contributed by atoms with E-state index in [0.29, 0.717) is 5.56 Å². The van der Waals surface area contributed by atoms with Crippen molar-refractivity contribution in [2.75, 3.05) is 0 Å². The van der Waals surface area contributed by atoms with Gasteiger partial charge in [0.2, 0.25) is 0 Å². The molecule has 0 saturated heterocycles. The number of carbonyl (C=O) groups is 1. The summed E-state index contributed by atoms with van der Waals surface area (Å²) in [6, 6.07) is 5.32. The molecule has 14 heavy (non-hydrogen) atoms. The maximum Gasteiger partial charge on any atom is 0.338 e. The average molecular weight is 196 g/mol. The molecule has 1 aromatic carbocycles. The predicted molar refractivity (Wildman–Crippen MR) is 51.6 cm³/mol. The molecule has 0 spiro atoms. The zero-order valence-corrected chi connectivity index (χ0v) is 8.29. The summed E-state index contributed by atoms with van der Waals surface area (Å²) in [6.45, 7) is 3.75. The normalized spacial score (nSPS) is 12.2. The van der Waals surface area contributed by atoms with Gasteiger partial charge in [0.1, 0.15) is 5.82 Å². The highest BCUT2D eigenvalue weighted by molar-refractivity contribution is 5.89. The lowest BCUT2D eigenvalue weighted by Gasteiger charge is -2.10. The largest absolute Gasteiger partial charge is 0.459 e. The molecule has 0 heterocycles. The fourth-order valence-electron chi connectivity index (χ4n) is 0.920. The molecule has 2 nitrogen and oxygen atoms in total. The van der Waals surface area contributed by atoms with Crippen LogP contribution >= 0.6 is 0 Å². The van der Waals surface area contributed by atoms with Crippen LogP contribution in [0.2, 0.25) is 0 Å². The fourth-order valence-corrected chi connectivity index (χ4v) is 0.920. The van der Waals surface area contributed by atoms with Crippen molar-refractivity contribution in [2.24, 2.45) is 0 Å². The average Bonchev–Trinajstić information content (AvgIpc) is 2.18. The Bertz CT molecular complexity index is 306. The Labute approximate surface area is 82.7 Å². The number of rotatable bonds is 3. The van der Waals surface area contributed by atoms with E-state index in [0.717, 1.165) is 6.42 Å². The number of hydrogen-bond donors (Lipinski definition) is 0. The van der Waals surface area contributed by atoms with Crippen molar-refractivity contribution in [2.45, 2.75) is 26.4 Å². The van der Waals surface area contributed by atoms with Crippen molar-refractivity contribution in [1.82, 2.24) is 0 Å². The van der Waals surface area contributed by atoms with Crippen LogP contribution in [0.25, 0.3) is 0 Å². The Kier molecular flexibility index (Phi) is 3.63. The summed E-state index contributed by atoms with van der Waals surface area (Å²) in [7, 11) is 0. The zero-order chi connectivity index (χ0) is 10.6.